The minimum atomic E-state index is 0.0889. The van der Waals surface area contributed by atoms with Crippen LogP contribution in [-0.4, -0.2) is 35.2 Å². The SMILES string of the molecule is CCCC(=O)NCCc1nc2ccccc2n1CCOc1ccccc1OCC. The van der Waals surface area contributed by atoms with E-state index in [0.717, 1.165) is 34.8 Å². The predicted molar refractivity (Wildman–Crippen MR) is 114 cm³/mol. The van der Waals surface area contributed by atoms with Gasteiger partial charge in [-0.2, -0.15) is 0 Å². The highest BCUT2D eigenvalue weighted by Crippen LogP contribution is 2.26. The van der Waals surface area contributed by atoms with E-state index in [1.165, 1.54) is 0 Å². The van der Waals surface area contributed by atoms with Crippen LogP contribution in [0.2, 0.25) is 0 Å². The van der Waals surface area contributed by atoms with Crippen molar-refractivity contribution >= 4 is 16.9 Å². The Morgan fingerprint density at radius 1 is 1.03 bits per heavy atom. The molecule has 0 aliphatic heterocycles. The summed E-state index contributed by atoms with van der Waals surface area (Å²) < 4.78 is 13.8. The van der Waals surface area contributed by atoms with Gasteiger partial charge in [-0.1, -0.05) is 31.2 Å². The van der Waals surface area contributed by atoms with Crippen LogP contribution in [0.3, 0.4) is 0 Å². The van der Waals surface area contributed by atoms with Crippen molar-refractivity contribution in [3.05, 3.63) is 54.4 Å². The number of nitrogens with zero attached hydrogens (tertiary/aromatic N) is 2. The van der Waals surface area contributed by atoms with Gasteiger partial charge in [0.25, 0.3) is 0 Å². The van der Waals surface area contributed by atoms with E-state index in [1.807, 2.05) is 56.3 Å². The molecular weight excluding hydrogens is 366 g/mol. The number of imidazole rings is 1. The molecule has 0 spiro atoms. The quantitative estimate of drug-likeness (QED) is 0.533. The molecule has 1 amide bonds. The summed E-state index contributed by atoms with van der Waals surface area (Å²) >= 11 is 0. The van der Waals surface area contributed by atoms with Crippen molar-refractivity contribution in [3.63, 3.8) is 0 Å². The van der Waals surface area contributed by atoms with Gasteiger partial charge in [0.1, 0.15) is 12.4 Å². The first-order valence-electron chi connectivity index (χ1n) is 10.3. The van der Waals surface area contributed by atoms with Crippen LogP contribution in [0.15, 0.2) is 48.5 Å². The van der Waals surface area contributed by atoms with E-state index < -0.39 is 0 Å². The second-order valence-corrected chi connectivity index (χ2v) is 6.75. The molecule has 1 aromatic heterocycles. The van der Waals surface area contributed by atoms with Gasteiger partial charge in [0.15, 0.2) is 11.5 Å². The number of carbonyl (C=O) groups excluding carboxylic acids is 1. The molecule has 0 saturated heterocycles. The fourth-order valence-electron chi connectivity index (χ4n) is 3.29. The van der Waals surface area contributed by atoms with E-state index in [-0.39, 0.29) is 5.91 Å². The number of rotatable bonds is 11. The van der Waals surface area contributed by atoms with Crippen molar-refractivity contribution in [2.45, 2.75) is 39.7 Å². The maximum Gasteiger partial charge on any atom is 0.219 e. The highest BCUT2D eigenvalue weighted by molar-refractivity contribution is 5.76. The maximum absolute atomic E-state index is 11.7. The number of amides is 1. The number of hydrogen-bond acceptors (Lipinski definition) is 4. The number of fused-ring (bicyclic) bond motifs is 1. The summed E-state index contributed by atoms with van der Waals surface area (Å²) in [6.07, 6.45) is 2.09. The van der Waals surface area contributed by atoms with E-state index in [1.54, 1.807) is 0 Å². The second-order valence-electron chi connectivity index (χ2n) is 6.75. The zero-order chi connectivity index (χ0) is 20.5. The zero-order valence-electron chi connectivity index (χ0n) is 17.2. The monoisotopic (exact) mass is 395 g/mol. The molecule has 3 rings (SSSR count). The van der Waals surface area contributed by atoms with Gasteiger partial charge in [-0.15, -0.1) is 0 Å². The first-order chi connectivity index (χ1) is 14.2. The Kier molecular flexibility index (Phi) is 7.50. The summed E-state index contributed by atoms with van der Waals surface area (Å²) in [4.78, 5) is 16.5. The van der Waals surface area contributed by atoms with E-state index in [0.29, 0.717) is 39.1 Å². The van der Waals surface area contributed by atoms with Crippen molar-refractivity contribution in [2.24, 2.45) is 0 Å². The van der Waals surface area contributed by atoms with Crippen LogP contribution in [0.25, 0.3) is 11.0 Å². The summed E-state index contributed by atoms with van der Waals surface area (Å²) in [5, 5.41) is 2.97. The summed E-state index contributed by atoms with van der Waals surface area (Å²) in [7, 11) is 0. The third-order valence-electron chi connectivity index (χ3n) is 4.60. The van der Waals surface area contributed by atoms with Crippen LogP contribution in [0.1, 0.15) is 32.5 Å². The van der Waals surface area contributed by atoms with Gasteiger partial charge in [0, 0.05) is 19.4 Å². The number of nitrogens with one attached hydrogen (secondary N) is 1. The normalized spacial score (nSPS) is 10.8. The number of carbonyl (C=O) groups is 1. The molecule has 0 fully saturated rings. The van der Waals surface area contributed by atoms with Crippen LogP contribution in [0.5, 0.6) is 11.5 Å². The van der Waals surface area contributed by atoms with Crippen molar-refractivity contribution in [1.29, 1.82) is 0 Å². The van der Waals surface area contributed by atoms with Gasteiger partial charge >= 0.3 is 0 Å². The lowest BCUT2D eigenvalue weighted by Gasteiger charge is -2.13. The number of benzene rings is 2. The molecule has 154 valence electrons. The average Bonchev–Trinajstić information content (AvgIpc) is 3.07. The topological polar surface area (TPSA) is 65.4 Å². The van der Waals surface area contributed by atoms with Crippen LogP contribution in [0, 0.1) is 0 Å². The smallest absolute Gasteiger partial charge is 0.219 e. The van der Waals surface area contributed by atoms with Gasteiger partial charge in [-0.3, -0.25) is 4.79 Å². The predicted octanol–water partition coefficient (Wildman–Crippen LogP) is 3.97. The van der Waals surface area contributed by atoms with Crippen molar-refractivity contribution in [2.75, 3.05) is 19.8 Å². The molecule has 0 atom stereocenters. The lowest BCUT2D eigenvalue weighted by Crippen LogP contribution is -2.26. The Morgan fingerprint density at radius 3 is 2.52 bits per heavy atom. The molecule has 0 aliphatic carbocycles. The van der Waals surface area contributed by atoms with Crippen molar-refractivity contribution in [3.8, 4) is 11.5 Å². The molecule has 0 unspecified atom stereocenters. The summed E-state index contributed by atoms with van der Waals surface area (Å²) in [5.41, 5.74) is 2.03. The van der Waals surface area contributed by atoms with Gasteiger partial charge < -0.3 is 19.4 Å². The lowest BCUT2D eigenvalue weighted by molar-refractivity contribution is -0.121. The summed E-state index contributed by atoms with van der Waals surface area (Å²) in [5.74, 6) is 2.53. The number of ether oxygens (including phenoxy) is 2. The molecule has 0 radical (unpaired) electrons. The third-order valence-corrected chi connectivity index (χ3v) is 4.60. The molecule has 0 bridgehead atoms. The van der Waals surface area contributed by atoms with Crippen molar-refractivity contribution in [1.82, 2.24) is 14.9 Å². The summed E-state index contributed by atoms with van der Waals surface area (Å²) in [6.45, 7) is 6.30. The van der Waals surface area contributed by atoms with Crippen molar-refractivity contribution < 1.29 is 14.3 Å². The van der Waals surface area contributed by atoms with E-state index >= 15 is 0 Å². The van der Waals surface area contributed by atoms with Crippen LogP contribution >= 0.6 is 0 Å². The highest BCUT2D eigenvalue weighted by Gasteiger charge is 2.11. The number of hydrogen-bond donors (Lipinski definition) is 1. The molecular formula is C23H29N3O3. The minimum Gasteiger partial charge on any atom is -0.490 e. The molecule has 3 aromatic rings. The third kappa shape index (κ3) is 5.50. The second kappa shape index (κ2) is 10.5. The van der Waals surface area contributed by atoms with Gasteiger partial charge in [-0.05, 0) is 37.6 Å². The largest absolute Gasteiger partial charge is 0.490 e. The number of aromatic nitrogens is 2. The van der Waals surface area contributed by atoms with E-state index in [4.69, 9.17) is 14.5 Å². The Labute approximate surface area is 171 Å². The molecule has 29 heavy (non-hydrogen) atoms. The molecule has 6 heteroatoms. The summed E-state index contributed by atoms with van der Waals surface area (Å²) in [6, 6.07) is 15.8. The van der Waals surface area contributed by atoms with Crippen LogP contribution in [0.4, 0.5) is 0 Å². The Morgan fingerprint density at radius 2 is 1.76 bits per heavy atom. The van der Waals surface area contributed by atoms with Crippen LogP contribution < -0.4 is 14.8 Å². The minimum absolute atomic E-state index is 0.0889. The van der Waals surface area contributed by atoms with Gasteiger partial charge in [-0.25, -0.2) is 4.98 Å². The highest BCUT2D eigenvalue weighted by atomic mass is 16.5. The molecule has 1 N–H and O–H groups in total. The molecule has 0 saturated carbocycles. The fraction of sp³-hybridized carbons (Fsp3) is 0.391. The molecule has 0 aliphatic rings. The van der Waals surface area contributed by atoms with E-state index in [2.05, 4.69) is 16.0 Å². The average molecular weight is 396 g/mol. The van der Waals surface area contributed by atoms with E-state index in [9.17, 15) is 4.79 Å². The zero-order valence-corrected chi connectivity index (χ0v) is 17.2. The van der Waals surface area contributed by atoms with Gasteiger partial charge in [0.2, 0.25) is 5.91 Å². The maximum atomic E-state index is 11.7. The Hall–Kier alpha value is -3.02. The first kappa shape index (κ1) is 20.7. The fourth-order valence-corrected chi connectivity index (χ4v) is 3.29. The lowest BCUT2D eigenvalue weighted by atomic mass is 10.3. The van der Waals surface area contributed by atoms with Crippen LogP contribution in [-0.2, 0) is 17.8 Å². The Bertz CT molecular complexity index is 936. The molecule has 1 heterocycles. The Balaban J connectivity index is 1.68. The standard InChI is InChI=1S/C23H29N3O3/c1-3-9-23(27)24-15-14-22-25-18-10-5-6-11-19(18)26(22)16-17-29-21-13-8-7-12-20(21)28-4-2/h5-8,10-13H,3-4,9,14-17H2,1-2H3,(H,24,27). The van der Waals surface area contributed by atoms with Gasteiger partial charge in [0.05, 0.1) is 24.2 Å². The molecule has 6 nitrogen and oxygen atoms in total. The molecule has 2 aromatic carbocycles. The first-order valence-corrected chi connectivity index (χ1v) is 10.3. The number of para-hydroxylation sites is 4.